The average molecular weight is 739 g/mol. The SMILES string of the molecule is CC1CC(COP(NC(C)(C)C(=O)OCc2ccccc2C(F)(F)F)Oc2ccc(Cl)cc2)OC1n1ccc2c(N(C)N)ncnc21.CCC. The number of esters is 1. The summed E-state index contributed by atoms with van der Waals surface area (Å²) in [6.45, 7) is 8.93. The van der Waals surface area contributed by atoms with Crippen LogP contribution >= 0.6 is 20.1 Å². The molecule has 2 aromatic carbocycles. The van der Waals surface area contributed by atoms with Crippen LogP contribution < -0.4 is 20.5 Å². The van der Waals surface area contributed by atoms with Crippen molar-refractivity contribution in [1.82, 2.24) is 19.6 Å². The number of hydrazine groups is 1. The van der Waals surface area contributed by atoms with Crippen molar-refractivity contribution in [2.45, 2.75) is 78.1 Å². The van der Waals surface area contributed by atoms with Gasteiger partial charge in [0.1, 0.15) is 36.1 Å². The van der Waals surface area contributed by atoms with Crippen molar-refractivity contribution in [3.8, 4) is 5.75 Å². The topological polar surface area (TPSA) is 126 Å². The van der Waals surface area contributed by atoms with Gasteiger partial charge in [-0.2, -0.15) is 13.2 Å². The van der Waals surface area contributed by atoms with E-state index >= 15 is 0 Å². The monoisotopic (exact) mass is 738 g/mol. The number of carbonyl (C=O) groups excluding carboxylic acids is 1. The van der Waals surface area contributed by atoms with Crippen LogP contribution in [-0.2, 0) is 31.6 Å². The smallest absolute Gasteiger partial charge is 0.416 e. The second-order valence-electron chi connectivity index (χ2n) is 12.4. The van der Waals surface area contributed by atoms with Crippen LogP contribution in [0.3, 0.4) is 0 Å². The van der Waals surface area contributed by atoms with E-state index in [1.54, 1.807) is 31.3 Å². The summed E-state index contributed by atoms with van der Waals surface area (Å²) in [5.41, 5.74) is -1.75. The highest BCUT2D eigenvalue weighted by Crippen LogP contribution is 2.42. The van der Waals surface area contributed by atoms with Gasteiger partial charge in [-0.15, -0.1) is 0 Å². The fourth-order valence-electron chi connectivity index (χ4n) is 5.15. The van der Waals surface area contributed by atoms with Gasteiger partial charge in [-0.25, -0.2) is 20.9 Å². The van der Waals surface area contributed by atoms with Crippen LogP contribution in [-0.4, -0.2) is 45.8 Å². The average Bonchev–Trinajstić information content (AvgIpc) is 3.66. The summed E-state index contributed by atoms with van der Waals surface area (Å²) in [6, 6.07) is 13.4. The minimum absolute atomic E-state index is 0.0931. The van der Waals surface area contributed by atoms with Crippen LogP contribution in [0.1, 0.15) is 64.8 Å². The Labute approximate surface area is 296 Å². The molecule has 1 aliphatic heterocycles. The molecule has 0 spiro atoms. The van der Waals surface area contributed by atoms with Crippen molar-refractivity contribution in [1.29, 1.82) is 0 Å². The van der Waals surface area contributed by atoms with Crippen molar-refractivity contribution in [2.24, 2.45) is 11.8 Å². The lowest BCUT2D eigenvalue weighted by molar-refractivity contribution is -0.152. The molecule has 50 heavy (non-hydrogen) atoms. The van der Waals surface area contributed by atoms with Crippen molar-refractivity contribution in [2.75, 3.05) is 18.7 Å². The van der Waals surface area contributed by atoms with E-state index in [0.29, 0.717) is 28.7 Å². The predicted octanol–water partition coefficient (Wildman–Crippen LogP) is 8.19. The number of ether oxygens (including phenoxy) is 2. The molecule has 0 radical (unpaired) electrons. The molecular weight excluding hydrogens is 696 g/mol. The van der Waals surface area contributed by atoms with Gasteiger partial charge in [0.05, 0.1) is 23.7 Å². The molecule has 16 heteroatoms. The number of hydrogen-bond acceptors (Lipinski definition) is 10. The number of benzene rings is 2. The first-order valence-corrected chi connectivity index (χ1v) is 17.6. The van der Waals surface area contributed by atoms with Gasteiger partial charge in [0.15, 0.2) is 5.82 Å². The number of alkyl halides is 3. The lowest BCUT2D eigenvalue weighted by Gasteiger charge is -2.29. The van der Waals surface area contributed by atoms with Crippen LogP contribution in [0.15, 0.2) is 67.1 Å². The minimum atomic E-state index is -4.59. The van der Waals surface area contributed by atoms with Crippen molar-refractivity contribution < 1.29 is 36.5 Å². The fourth-order valence-corrected chi connectivity index (χ4v) is 6.60. The van der Waals surface area contributed by atoms with Crippen molar-refractivity contribution >= 4 is 42.9 Å². The third kappa shape index (κ3) is 10.0. The fraction of sp³-hybridized carbons (Fsp3) is 0.441. The van der Waals surface area contributed by atoms with E-state index in [1.165, 1.54) is 49.8 Å². The Hall–Kier alpha value is -3.52. The molecule has 1 saturated heterocycles. The summed E-state index contributed by atoms with van der Waals surface area (Å²) in [5.74, 6) is 6.25. The lowest BCUT2D eigenvalue weighted by Crippen LogP contribution is -2.46. The molecule has 0 saturated carbocycles. The maximum absolute atomic E-state index is 13.5. The Balaban J connectivity index is 0.00000181. The largest absolute Gasteiger partial charge is 0.459 e. The molecule has 3 heterocycles. The molecule has 0 amide bonds. The second kappa shape index (κ2) is 17.1. The highest BCUT2D eigenvalue weighted by molar-refractivity contribution is 7.45. The molecule has 0 aliphatic carbocycles. The minimum Gasteiger partial charge on any atom is -0.459 e. The molecule has 1 aliphatic rings. The Bertz CT molecular complexity index is 1710. The van der Waals surface area contributed by atoms with Crippen LogP contribution in [0.2, 0.25) is 5.02 Å². The number of anilines is 1. The molecule has 0 bridgehead atoms. The van der Waals surface area contributed by atoms with Crippen LogP contribution in [0.5, 0.6) is 5.75 Å². The number of nitrogens with zero attached hydrogens (tertiary/aromatic N) is 4. The van der Waals surface area contributed by atoms with Crippen LogP contribution in [0.25, 0.3) is 11.0 Å². The van der Waals surface area contributed by atoms with E-state index in [0.717, 1.165) is 11.5 Å². The lowest BCUT2D eigenvalue weighted by atomic mass is 10.1. The Morgan fingerprint density at radius 3 is 2.48 bits per heavy atom. The molecule has 272 valence electrons. The quantitative estimate of drug-likeness (QED) is 0.0636. The molecular formula is C34H43ClF3N6O5P. The Morgan fingerprint density at radius 1 is 1.14 bits per heavy atom. The van der Waals surface area contributed by atoms with Gasteiger partial charge in [0.25, 0.3) is 0 Å². The molecule has 1 fully saturated rings. The summed E-state index contributed by atoms with van der Waals surface area (Å²) >= 11 is 6.03. The molecule has 5 rings (SSSR count). The standard InChI is InChI=1S/C31H35ClF3N6O5P.C3H8/c1-19-15-23(45-28(19)41-14-13-24-26(40(4)36)37-18-38-27(24)41)17-44-47(46-22-11-9-21(32)10-12-22)39-30(2,3)29(42)43-16-20-7-5-6-8-25(20)31(33,34)35;1-3-2/h5-14,18-19,23,28,39H,15-17,36H2,1-4H3;3H2,1-2H3. The number of hydrogen-bond donors (Lipinski definition) is 2. The molecule has 4 aromatic rings. The summed E-state index contributed by atoms with van der Waals surface area (Å²) in [6.07, 6.45) is -0.0124. The van der Waals surface area contributed by atoms with E-state index in [-0.39, 0.29) is 30.4 Å². The summed E-state index contributed by atoms with van der Waals surface area (Å²) in [5, 5.41) is 5.77. The number of nitrogens with two attached hydrogens (primary N) is 1. The molecule has 4 atom stereocenters. The normalized spacial score (nSPS) is 18.3. The van der Waals surface area contributed by atoms with Gasteiger partial charge in [-0.1, -0.05) is 57.0 Å². The van der Waals surface area contributed by atoms with Gasteiger partial charge in [-0.05, 0) is 56.7 Å². The highest BCUT2D eigenvalue weighted by Gasteiger charge is 2.39. The molecule has 4 unspecified atom stereocenters. The number of nitrogens with one attached hydrogen (secondary N) is 1. The van der Waals surface area contributed by atoms with E-state index in [4.69, 9.17) is 36.0 Å². The first-order valence-electron chi connectivity index (χ1n) is 16.1. The Morgan fingerprint density at radius 2 is 1.82 bits per heavy atom. The number of carbonyl (C=O) groups is 1. The third-order valence-corrected chi connectivity index (χ3v) is 9.25. The summed E-state index contributed by atoms with van der Waals surface area (Å²) in [7, 11) is -0.285. The van der Waals surface area contributed by atoms with Gasteiger partial charge >= 0.3 is 20.7 Å². The maximum Gasteiger partial charge on any atom is 0.416 e. The zero-order chi connectivity index (χ0) is 36.6. The Kier molecular flexibility index (Phi) is 13.5. The van der Waals surface area contributed by atoms with Gasteiger partial charge in [0.2, 0.25) is 0 Å². The van der Waals surface area contributed by atoms with Gasteiger partial charge in [0, 0.05) is 29.7 Å². The molecule has 11 nitrogen and oxygen atoms in total. The maximum atomic E-state index is 13.5. The number of rotatable bonds is 12. The van der Waals surface area contributed by atoms with Crippen molar-refractivity contribution in [3.05, 3.63) is 83.3 Å². The highest BCUT2D eigenvalue weighted by atomic mass is 35.5. The van der Waals surface area contributed by atoms with Crippen LogP contribution in [0.4, 0.5) is 19.0 Å². The van der Waals surface area contributed by atoms with Gasteiger partial charge in [-0.3, -0.25) is 9.80 Å². The zero-order valence-corrected chi connectivity index (χ0v) is 30.4. The van der Waals surface area contributed by atoms with E-state index in [9.17, 15) is 18.0 Å². The number of aromatic nitrogens is 3. The zero-order valence-electron chi connectivity index (χ0n) is 28.8. The summed E-state index contributed by atoms with van der Waals surface area (Å²) < 4.78 is 66.3. The first kappa shape index (κ1) is 39.3. The predicted molar refractivity (Wildman–Crippen MR) is 187 cm³/mol. The van der Waals surface area contributed by atoms with E-state index in [1.807, 2.05) is 16.8 Å². The first-order chi connectivity index (χ1) is 23.6. The van der Waals surface area contributed by atoms with Crippen molar-refractivity contribution in [3.63, 3.8) is 0 Å². The molecule has 2 aromatic heterocycles. The van der Waals surface area contributed by atoms with E-state index in [2.05, 4.69) is 35.8 Å². The summed E-state index contributed by atoms with van der Waals surface area (Å²) in [4.78, 5) is 21.9. The van der Waals surface area contributed by atoms with E-state index < -0.39 is 38.4 Å². The molecule has 3 N–H and O–H groups in total. The number of fused-ring (bicyclic) bond motifs is 1. The second-order valence-corrected chi connectivity index (χ2v) is 14.0. The van der Waals surface area contributed by atoms with Crippen LogP contribution in [0, 0.1) is 5.92 Å². The third-order valence-electron chi connectivity index (χ3n) is 7.49. The number of halogens is 4. The van der Waals surface area contributed by atoms with Gasteiger partial charge < -0.3 is 23.1 Å².